The summed E-state index contributed by atoms with van der Waals surface area (Å²) in [5, 5.41) is 0. The summed E-state index contributed by atoms with van der Waals surface area (Å²) in [7, 11) is 0. The molecule has 14 heavy (non-hydrogen) atoms. The van der Waals surface area contributed by atoms with E-state index in [1.54, 1.807) is 0 Å². The highest BCUT2D eigenvalue weighted by atomic mass is 79.9. The van der Waals surface area contributed by atoms with Crippen molar-refractivity contribution in [1.29, 1.82) is 0 Å². The van der Waals surface area contributed by atoms with Crippen molar-refractivity contribution in [3.05, 3.63) is 29.8 Å². The summed E-state index contributed by atoms with van der Waals surface area (Å²) in [5.41, 5.74) is 0. The lowest BCUT2D eigenvalue weighted by molar-refractivity contribution is 0.127. The maximum atomic E-state index is 12.8. The molecule has 2 rings (SSSR count). The molecular formula is C10H9BrF2O. The van der Waals surface area contributed by atoms with Crippen LogP contribution in [0.15, 0.2) is 18.2 Å². The number of benzene rings is 1. The molecule has 0 atom stereocenters. The van der Waals surface area contributed by atoms with Gasteiger partial charge in [-0.2, -0.15) is 0 Å². The van der Waals surface area contributed by atoms with Gasteiger partial charge in [-0.25, -0.2) is 8.78 Å². The summed E-state index contributed by atoms with van der Waals surface area (Å²) in [5.74, 6) is -1.31. The van der Waals surface area contributed by atoms with Crippen LogP contribution >= 0.6 is 15.9 Å². The van der Waals surface area contributed by atoms with Gasteiger partial charge in [0.2, 0.25) is 0 Å². The third-order valence-electron chi connectivity index (χ3n) is 2.23. The van der Waals surface area contributed by atoms with Crippen LogP contribution in [0.5, 0.6) is 5.75 Å². The predicted octanol–water partition coefficient (Wildman–Crippen LogP) is 3.27. The highest BCUT2D eigenvalue weighted by molar-refractivity contribution is 9.09. The van der Waals surface area contributed by atoms with E-state index in [0.717, 1.165) is 25.0 Å². The molecule has 0 aromatic heterocycles. The van der Waals surface area contributed by atoms with E-state index < -0.39 is 11.6 Å². The van der Waals surface area contributed by atoms with E-state index in [-0.39, 0.29) is 6.10 Å². The molecule has 0 spiro atoms. The van der Waals surface area contributed by atoms with E-state index in [9.17, 15) is 8.78 Å². The SMILES string of the molecule is Fc1ccc(OC2CC(Br)C2)cc1F. The van der Waals surface area contributed by atoms with Gasteiger partial charge in [-0.3, -0.25) is 0 Å². The molecule has 0 heterocycles. The van der Waals surface area contributed by atoms with E-state index in [1.165, 1.54) is 6.07 Å². The summed E-state index contributed by atoms with van der Waals surface area (Å²) in [6, 6.07) is 3.60. The van der Waals surface area contributed by atoms with Crippen LogP contribution in [-0.2, 0) is 0 Å². The maximum Gasteiger partial charge on any atom is 0.162 e. The number of alkyl halides is 1. The molecule has 0 amide bonds. The quantitative estimate of drug-likeness (QED) is 0.744. The Morgan fingerprint density at radius 2 is 1.93 bits per heavy atom. The number of halogens is 3. The molecule has 1 fully saturated rings. The molecule has 0 saturated heterocycles. The lowest BCUT2D eigenvalue weighted by Crippen LogP contribution is -2.33. The number of ether oxygens (including phenoxy) is 1. The van der Waals surface area contributed by atoms with Gasteiger partial charge < -0.3 is 4.74 Å². The molecule has 4 heteroatoms. The first-order valence-corrected chi connectivity index (χ1v) is 5.32. The average molecular weight is 263 g/mol. The minimum atomic E-state index is -0.864. The summed E-state index contributed by atoms with van der Waals surface area (Å²) in [6.45, 7) is 0. The Hall–Kier alpha value is -0.640. The summed E-state index contributed by atoms with van der Waals surface area (Å²) in [6.07, 6.45) is 1.96. The smallest absolute Gasteiger partial charge is 0.162 e. The lowest BCUT2D eigenvalue weighted by Gasteiger charge is -2.31. The molecule has 0 radical (unpaired) electrons. The topological polar surface area (TPSA) is 9.23 Å². The average Bonchev–Trinajstić information content (AvgIpc) is 2.09. The van der Waals surface area contributed by atoms with E-state index in [2.05, 4.69) is 15.9 Å². The molecule has 1 nitrogen and oxygen atoms in total. The van der Waals surface area contributed by atoms with Crippen molar-refractivity contribution in [1.82, 2.24) is 0 Å². The van der Waals surface area contributed by atoms with Crippen LogP contribution in [0.1, 0.15) is 12.8 Å². The van der Waals surface area contributed by atoms with Gasteiger partial charge >= 0.3 is 0 Å². The zero-order valence-corrected chi connectivity index (χ0v) is 8.93. The number of hydrogen-bond acceptors (Lipinski definition) is 1. The van der Waals surface area contributed by atoms with Gasteiger partial charge in [-0.05, 0) is 25.0 Å². The van der Waals surface area contributed by atoms with Gasteiger partial charge in [-0.1, -0.05) is 15.9 Å². The Kier molecular flexibility index (Phi) is 2.72. The second-order valence-electron chi connectivity index (χ2n) is 3.38. The molecule has 1 aromatic carbocycles. The molecule has 76 valence electrons. The van der Waals surface area contributed by atoms with Crippen LogP contribution in [0.2, 0.25) is 0 Å². The van der Waals surface area contributed by atoms with Crippen molar-refractivity contribution in [3.8, 4) is 5.75 Å². The zero-order chi connectivity index (χ0) is 10.1. The minimum Gasteiger partial charge on any atom is -0.490 e. The first-order valence-electron chi connectivity index (χ1n) is 4.41. The monoisotopic (exact) mass is 262 g/mol. The summed E-state index contributed by atoms with van der Waals surface area (Å²) in [4.78, 5) is 0.498. The van der Waals surface area contributed by atoms with Gasteiger partial charge in [0.25, 0.3) is 0 Å². The van der Waals surface area contributed by atoms with Crippen LogP contribution in [0.4, 0.5) is 8.78 Å². The fourth-order valence-electron chi connectivity index (χ4n) is 1.34. The van der Waals surface area contributed by atoms with Crippen LogP contribution in [0.25, 0.3) is 0 Å². The van der Waals surface area contributed by atoms with Crippen molar-refractivity contribution in [2.45, 2.75) is 23.8 Å². The Morgan fingerprint density at radius 1 is 1.21 bits per heavy atom. The fourth-order valence-corrected chi connectivity index (χ4v) is 2.17. The van der Waals surface area contributed by atoms with Gasteiger partial charge in [-0.15, -0.1) is 0 Å². The van der Waals surface area contributed by atoms with Gasteiger partial charge in [0, 0.05) is 10.9 Å². The van der Waals surface area contributed by atoms with Crippen molar-refractivity contribution in [2.75, 3.05) is 0 Å². The maximum absolute atomic E-state index is 12.8. The number of rotatable bonds is 2. The van der Waals surface area contributed by atoms with E-state index >= 15 is 0 Å². The molecule has 1 aliphatic carbocycles. The second-order valence-corrected chi connectivity index (χ2v) is 4.68. The van der Waals surface area contributed by atoms with Gasteiger partial charge in [0.05, 0.1) is 0 Å². The molecule has 0 N–H and O–H groups in total. The minimum absolute atomic E-state index is 0.129. The fraction of sp³-hybridized carbons (Fsp3) is 0.400. The molecular weight excluding hydrogens is 254 g/mol. The van der Waals surface area contributed by atoms with Crippen molar-refractivity contribution < 1.29 is 13.5 Å². The Labute approximate surface area is 89.2 Å². The normalized spacial score (nSPS) is 25.6. The molecule has 0 unspecified atom stereocenters. The third kappa shape index (κ3) is 2.05. The van der Waals surface area contributed by atoms with Crippen molar-refractivity contribution >= 4 is 15.9 Å². The van der Waals surface area contributed by atoms with E-state index in [4.69, 9.17) is 4.74 Å². The molecule has 1 aliphatic rings. The van der Waals surface area contributed by atoms with E-state index in [1.807, 2.05) is 0 Å². The zero-order valence-electron chi connectivity index (χ0n) is 7.34. The molecule has 0 aliphatic heterocycles. The Bertz CT molecular complexity index is 337. The Morgan fingerprint density at radius 3 is 2.50 bits per heavy atom. The van der Waals surface area contributed by atoms with Gasteiger partial charge in [0.1, 0.15) is 11.9 Å². The van der Waals surface area contributed by atoms with Crippen LogP contribution in [0, 0.1) is 11.6 Å². The van der Waals surface area contributed by atoms with Crippen molar-refractivity contribution in [3.63, 3.8) is 0 Å². The highest BCUT2D eigenvalue weighted by Gasteiger charge is 2.28. The first kappa shape index (κ1) is 9.90. The largest absolute Gasteiger partial charge is 0.490 e. The first-order chi connectivity index (χ1) is 6.65. The summed E-state index contributed by atoms with van der Waals surface area (Å²) < 4.78 is 30.7. The standard InChI is InChI=1S/C10H9BrF2O/c11-6-3-8(4-6)14-7-1-2-9(12)10(13)5-7/h1-2,5-6,8H,3-4H2. The van der Waals surface area contributed by atoms with Crippen LogP contribution in [0.3, 0.4) is 0 Å². The van der Waals surface area contributed by atoms with Crippen molar-refractivity contribution in [2.24, 2.45) is 0 Å². The predicted molar refractivity (Wildman–Crippen MR) is 52.7 cm³/mol. The Balaban J connectivity index is 2.00. The van der Waals surface area contributed by atoms with Crippen LogP contribution in [-0.4, -0.2) is 10.9 Å². The third-order valence-corrected chi connectivity index (χ3v) is 2.98. The highest BCUT2D eigenvalue weighted by Crippen LogP contribution is 2.31. The molecule has 0 bridgehead atoms. The lowest BCUT2D eigenvalue weighted by atomic mass is 9.96. The molecule has 1 aromatic rings. The molecule has 1 saturated carbocycles. The summed E-state index contributed by atoms with van der Waals surface area (Å²) >= 11 is 3.43. The second kappa shape index (κ2) is 3.85. The van der Waals surface area contributed by atoms with Gasteiger partial charge in [0.15, 0.2) is 11.6 Å². The number of hydrogen-bond donors (Lipinski definition) is 0. The van der Waals surface area contributed by atoms with E-state index in [0.29, 0.717) is 10.6 Å². The van der Waals surface area contributed by atoms with Crippen LogP contribution < -0.4 is 4.74 Å².